The molecule has 0 saturated heterocycles. The molecular formula is C33H25ClN4O4S. The third kappa shape index (κ3) is 5.22. The van der Waals surface area contributed by atoms with Crippen molar-refractivity contribution < 1.29 is 19.1 Å². The number of hydrogen-bond acceptors (Lipinski definition) is 6. The van der Waals surface area contributed by atoms with E-state index in [1.165, 1.54) is 16.7 Å². The molecule has 0 saturated carbocycles. The first-order valence-corrected chi connectivity index (χ1v) is 15.1. The number of para-hydroxylation sites is 2. The lowest BCUT2D eigenvalue weighted by Crippen LogP contribution is -2.40. The maximum absolute atomic E-state index is 13.9. The highest BCUT2D eigenvalue weighted by Crippen LogP contribution is 2.50. The number of carbonyl (C=O) groups excluding carboxylic acids is 2. The molecule has 0 aliphatic carbocycles. The normalized spacial score (nSPS) is 15.6. The van der Waals surface area contributed by atoms with Crippen molar-refractivity contribution in [2.45, 2.75) is 5.25 Å². The number of fused-ring (bicyclic) bond motifs is 2. The van der Waals surface area contributed by atoms with Crippen LogP contribution in [-0.4, -0.2) is 40.7 Å². The smallest absolute Gasteiger partial charge is 0.244 e. The zero-order valence-electron chi connectivity index (χ0n) is 22.8. The molecule has 1 atom stereocenters. The molecule has 10 heteroatoms. The van der Waals surface area contributed by atoms with E-state index >= 15 is 0 Å². The molecule has 0 unspecified atom stereocenters. The van der Waals surface area contributed by atoms with Gasteiger partial charge in [-0.2, -0.15) is 5.10 Å². The molecule has 1 N–H and O–H groups in total. The number of halogens is 1. The first kappa shape index (κ1) is 27.1. The molecule has 214 valence electrons. The van der Waals surface area contributed by atoms with Gasteiger partial charge in [-0.1, -0.05) is 78.3 Å². The molecule has 2 amide bonds. The topological polar surface area (TPSA) is 85.7 Å². The number of carbonyl (C=O) groups is 2. The van der Waals surface area contributed by atoms with Crippen LogP contribution in [0.2, 0.25) is 5.02 Å². The predicted octanol–water partition coefficient (Wildman–Crippen LogP) is 6.73. The van der Waals surface area contributed by atoms with E-state index in [0.29, 0.717) is 39.4 Å². The number of rotatable bonds is 6. The molecule has 1 aromatic heterocycles. The number of anilines is 2. The number of nitrogens with one attached hydrogen (secondary N) is 1. The summed E-state index contributed by atoms with van der Waals surface area (Å²) in [5, 5.41) is 8.16. The van der Waals surface area contributed by atoms with Crippen LogP contribution in [0, 0.1) is 0 Å². The van der Waals surface area contributed by atoms with E-state index in [1.807, 2.05) is 84.9 Å². The first-order chi connectivity index (χ1) is 21.1. The molecule has 5 aromatic rings. The van der Waals surface area contributed by atoms with E-state index in [2.05, 4.69) is 5.32 Å². The molecule has 8 nitrogen and oxygen atoms in total. The number of aromatic nitrogens is 2. The second-order valence-corrected chi connectivity index (χ2v) is 11.5. The highest BCUT2D eigenvalue weighted by Gasteiger charge is 2.38. The molecule has 2 aliphatic heterocycles. The summed E-state index contributed by atoms with van der Waals surface area (Å²) >= 11 is 8.22. The van der Waals surface area contributed by atoms with E-state index in [9.17, 15) is 9.59 Å². The number of thioether (sulfide) groups is 1. The second kappa shape index (κ2) is 11.5. The van der Waals surface area contributed by atoms with Gasteiger partial charge < -0.3 is 14.8 Å². The zero-order chi connectivity index (χ0) is 29.3. The maximum atomic E-state index is 13.9. The first-order valence-electron chi connectivity index (χ1n) is 13.7. The molecule has 0 bridgehead atoms. The standard InChI is InChI=1S/C33H25ClN4O4S/c34-24-13-7-8-14-25(24)38-33-30(31(36-38)21-9-3-1-4-10-21)32(22-15-16-26-27(17-22)42-20-41-26)43-19-29(40)37(33)18-28(39)35-23-11-5-2-6-12-23/h1-17,32H,18-20H2,(H,35,39)/t32-/m0/s1. The summed E-state index contributed by atoms with van der Waals surface area (Å²) in [6, 6.07) is 32.2. The number of hydrogen-bond donors (Lipinski definition) is 1. The summed E-state index contributed by atoms with van der Waals surface area (Å²) in [6.07, 6.45) is 0. The SMILES string of the molecule is O=C(CN1C(=O)CS[C@@H](c2ccc3c(c2)OCO3)c2c(-c3ccccc3)nn(-c3ccccc3Cl)c21)Nc1ccccc1. The highest BCUT2D eigenvalue weighted by atomic mass is 35.5. The Balaban J connectivity index is 1.44. The van der Waals surface area contributed by atoms with Crippen LogP contribution >= 0.6 is 23.4 Å². The lowest BCUT2D eigenvalue weighted by molar-refractivity contribution is -0.120. The summed E-state index contributed by atoms with van der Waals surface area (Å²) in [5.74, 6) is 1.41. The number of benzene rings is 4. The van der Waals surface area contributed by atoms with Gasteiger partial charge in [-0.05, 0) is 42.0 Å². The maximum Gasteiger partial charge on any atom is 0.244 e. The van der Waals surface area contributed by atoms with Crippen molar-refractivity contribution in [3.63, 3.8) is 0 Å². The van der Waals surface area contributed by atoms with Gasteiger partial charge in [0.15, 0.2) is 11.5 Å². The van der Waals surface area contributed by atoms with Crippen LogP contribution in [0.15, 0.2) is 103 Å². The summed E-state index contributed by atoms with van der Waals surface area (Å²) in [5.41, 5.74) is 4.53. The Kier molecular flexibility index (Phi) is 7.26. The van der Waals surface area contributed by atoms with E-state index in [1.54, 1.807) is 22.9 Å². The van der Waals surface area contributed by atoms with E-state index in [4.69, 9.17) is 26.2 Å². The second-order valence-electron chi connectivity index (χ2n) is 10.0. The van der Waals surface area contributed by atoms with Gasteiger partial charge in [-0.25, -0.2) is 4.68 Å². The Morgan fingerprint density at radius 3 is 2.44 bits per heavy atom. The van der Waals surface area contributed by atoms with Crippen molar-refractivity contribution in [1.82, 2.24) is 9.78 Å². The highest BCUT2D eigenvalue weighted by molar-refractivity contribution is 8.00. The lowest BCUT2D eigenvalue weighted by Gasteiger charge is -2.23. The summed E-state index contributed by atoms with van der Waals surface area (Å²) in [6.45, 7) is -0.0517. The molecule has 0 radical (unpaired) electrons. The minimum atomic E-state index is -0.329. The third-order valence-corrected chi connectivity index (χ3v) is 8.85. The fourth-order valence-electron chi connectivity index (χ4n) is 5.32. The van der Waals surface area contributed by atoms with Gasteiger partial charge in [0.1, 0.15) is 12.4 Å². The zero-order valence-corrected chi connectivity index (χ0v) is 24.3. The van der Waals surface area contributed by atoms with Crippen molar-refractivity contribution in [3.8, 4) is 28.4 Å². The van der Waals surface area contributed by atoms with Crippen LogP contribution in [-0.2, 0) is 9.59 Å². The van der Waals surface area contributed by atoms with Crippen LogP contribution in [0.1, 0.15) is 16.4 Å². The van der Waals surface area contributed by atoms with Gasteiger partial charge in [0.25, 0.3) is 0 Å². The summed E-state index contributed by atoms with van der Waals surface area (Å²) in [4.78, 5) is 28.9. The van der Waals surface area contributed by atoms with Crippen LogP contribution < -0.4 is 19.7 Å². The van der Waals surface area contributed by atoms with E-state index in [0.717, 1.165) is 16.7 Å². The molecule has 3 heterocycles. The monoisotopic (exact) mass is 608 g/mol. The molecule has 0 spiro atoms. The van der Waals surface area contributed by atoms with Gasteiger partial charge in [0.2, 0.25) is 18.6 Å². The van der Waals surface area contributed by atoms with Crippen LogP contribution in [0.25, 0.3) is 16.9 Å². The van der Waals surface area contributed by atoms with E-state index < -0.39 is 0 Å². The van der Waals surface area contributed by atoms with Gasteiger partial charge >= 0.3 is 0 Å². The predicted molar refractivity (Wildman–Crippen MR) is 168 cm³/mol. The largest absolute Gasteiger partial charge is 0.454 e. The van der Waals surface area contributed by atoms with Crippen LogP contribution in [0.5, 0.6) is 11.5 Å². The van der Waals surface area contributed by atoms with Gasteiger partial charge in [0, 0.05) is 16.8 Å². The van der Waals surface area contributed by atoms with Crippen molar-refractivity contribution in [3.05, 3.63) is 119 Å². The number of ether oxygens (including phenoxy) is 2. The van der Waals surface area contributed by atoms with Crippen molar-refractivity contribution in [1.29, 1.82) is 0 Å². The quantitative estimate of drug-likeness (QED) is 0.230. The summed E-state index contributed by atoms with van der Waals surface area (Å²) < 4.78 is 13.0. The third-order valence-electron chi connectivity index (χ3n) is 7.28. The van der Waals surface area contributed by atoms with Gasteiger partial charge in [-0.15, -0.1) is 11.8 Å². The van der Waals surface area contributed by atoms with Gasteiger partial charge in [-0.3, -0.25) is 14.5 Å². The van der Waals surface area contributed by atoms with Crippen molar-refractivity contribution in [2.24, 2.45) is 0 Å². The van der Waals surface area contributed by atoms with Crippen molar-refractivity contribution >= 4 is 46.7 Å². The Hall–Kier alpha value is -4.73. The Bertz CT molecular complexity index is 1830. The minimum Gasteiger partial charge on any atom is -0.454 e. The molecular weight excluding hydrogens is 584 g/mol. The summed E-state index contributed by atoms with van der Waals surface area (Å²) in [7, 11) is 0. The fourth-order valence-corrected chi connectivity index (χ4v) is 6.73. The number of nitrogens with zero attached hydrogens (tertiary/aromatic N) is 3. The molecule has 7 rings (SSSR count). The van der Waals surface area contributed by atoms with Crippen LogP contribution in [0.4, 0.5) is 11.5 Å². The molecule has 0 fully saturated rings. The Morgan fingerprint density at radius 1 is 0.930 bits per heavy atom. The Labute approximate surface area is 257 Å². The van der Waals surface area contributed by atoms with E-state index in [-0.39, 0.29) is 36.2 Å². The fraction of sp³-hybridized carbons (Fsp3) is 0.121. The lowest BCUT2D eigenvalue weighted by atomic mass is 9.99. The molecule has 2 aliphatic rings. The minimum absolute atomic E-state index is 0.142. The van der Waals surface area contributed by atoms with Crippen molar-refractivity contribution in [2.75, 3.05) is 29.3 Å². The average Bonchev–Trinajstić information content (AvgIpc) is 3.63. The average molecular weight is 609 g/mol. The molecule has 4 aromatic carbocycles. The van der Waals surface area contributed by atoms with Gasteiger partial charge in [0.05, 0.1) is 27.4 Å². The number of amides is 2. The molecule has 43 heavy (non-hydrogen) atoms. The Morgan fingerprint density at radius 2 is 1.65 bits per heavy atom. The van der Waals surface area contributed by atoms with Crippen LogP contribution in [0.3, 0.4) is 0 Å².